The van der Waals surface area contributed by atoms with E-state index in [-0.39, 0.29) is 26.1 Å². The number of phosphoric ester groups is 1. The summed E-state index contributed by atoms with van der Waals surface area (Å²) in [6.45, 7) is 4.06. The van der Waals surface area contributed by atoms with E-state index in [1.807, 2.05) is 21.1 Å². The first-order chi connectivity index (χ1) is 38.5. The number of allylic oxidation sites excluding steroid dienone is 20. The Kier molecular flexibility index (Phi) is 56.4. The van der Waals surface area contributed by atoms with Gasteiger partial charge in [0.25, 0.3) is 7.82 Å². The summed E-state index contributed by atoms with van der Waals surface area (Å²) in [7, 11) is 1.15. The van der Waals surface area contributed by atoms with Crippen molar-refractivity contribution in [3.05, 3.63) is 122 Å². The van der Waals surface area contributed by atoms with Crippen molar-refractivity contribution in [2.24, 2.45) is 0 Å². The van der Waals surface area contributed by atoms with E-state index in [9.17, 15) is 19.0 Å². The van der Waals surface area contributed by atoms with E-state index in [4.69, 9.17) is 18.5 Å². The molecule has 9 nitrogen and oxygen atoms in total. The molecule has 0 aromatic rings. The van der Waals surface area contributed by atoms with Crippen LogP contribution in [0.2, 0.25) is 0 Å². The van der Waals surface area contributed by atoms with E-state index in [0.29, 0.717) is 23.9 Å². The van der Waals surface area contributed by atoms with Crippen LogP contribution in [-0.2, 0) is 32.7 Å². The van der Waals surface area contributed by atoms with Crippen LogP contribution in [0.15, 0.2) is 122 Å². The summed E-state index contributed by atoms with van der Waals surface area (Å²) in [5.41, 5.74) is 0. The number of nitrogens with zero attached hydrogens (tertiary/aromatic N) is 1. The van der Waals surface area contributed by atoms with Crippen LogP contribution in [0.3, 0.4) is 0 Å². The molecule has 10 heteroatoms. The van der Waals surface area contributed by atoms with Gasteiger partial charge in [-0.3, -0.25) is 14.2 Å². The predicted octanol–water partition coefficient (Wildman–Crippen LogP) is 19.7. The van der Waals surface area contributed by atoms with Crippen molar-refractivity contribution in [1.82, 2.24) is 0 Å². The summed E-state index contributed by atoms with van der Waals surface area (Å²) in [5, 5.41) is 0. The summed E-state index contributed by atoms with van der Waals surface area (Å²) in [6.07, 6.45) is 84.1. The van der Waals surface area contributed by atoms with Crippen molar-refractivity contribution in [3.8, 4) is 0 Å². The maximum Gasteiger partial charge on any atom is 0.306 e. The van der Waals surface area contributed by atoms with Gasteiger partial charge in [-0.25, -0.2) is 0 Å². The number of carbonyl (C=O) groups is 2. The molecule has 0 aromatic heterocycles. The normalized spacial score (nSPS) is 14.1. The molecule has 0 aliphatic carbocycles. The zero-order valence-electron chi connectivity index (χ0n) is 51.3. The van der Waals surface area contributed by atoms with Crippen LogP contribution in [0.1, 0.15) is 251 Å². The summed E-state index contributed by atoms with van der Waals surface area (Å²) in [5.74, 6) is -0.851. The molecule has 0 N–H and O–H groups in total. The second kappa shape index (κ2) is 59.0. The Labute approximate surface area is 486 Å². The van der Waals surface area contributed by atoms with Crippen LogP contribution in [-0.4, -0.2) is 70.0 Å². The van der Waals surface area contributed by atoms with Gasteiger partial charge in [-0.15, -0.1) is 0 Å². The van der Waals surface area contributed by atoms with Gasteiger partial charge in [0.15, 0.2) is 6.10 Å². The van der Waals surface area contributed by atoms with E-state index < -0.39 is 32.5 Å². The highest BCUT2D eigenvalue weighted by atomic mass is 31.2. The molecule has 0 aliphatic rings. The number of esters is 2. The van der Waals surface area contributed by atoms with E-state index in [1.54, 1.807) is 0 Å². The molecule has 0 radical (unpaired) electrons. The quantitative estimate of drug-likeness (QED) is 0.0195. The van der Waals surface area contributed by atoms with Gasteiger partial charge in [0.2, 0.25) is 0 Å². The number of hydrogen-bond acceptors (Lipinski definition) is 8. The first kappa shape index (κ1) is 75.4. The van der Waals surface area contributed by atoms with E-state index in [2.05, 4.69) is 135 Å². The SMILES string of the molecule is CC/C=C\C/C=C\C/C=C\C/C=C\C/C=C\C/C=C\C/C=C\C/C=C\CCCCCCCCCCCCCCCCCCC(=O)OC(COC(=O)CCCCCCC/C=C\C/C=C\CCCC)COP(=O)([O-])OCC[N+](C)(C)C. The van der Waals surface area contributed by atoms with Crippen LogP contribution < -0.4 is 4.89 Å². The zero-order valence-corrected chi connectivity index (χ0v) is 52.2. The van der Waals surface area contributed by atoms with Crippen molar-refractivity contribution in [1.29, 1.82) is 0 Å². The average Bonchev–Trinajstić information content (AvgIpc) is 3.41. The van der Waals surface area contributed by atoms with Gasteiger partial charge in [0, 0.05) is 12.8 Å². The van der Waals surface area contributed by atoms with E-state index in [1.165, 1.54) is 96.3 Å². The summed E-state index contributed by atoms with van der Waals surface area (Å²) in [4.78, 5) is 37.8. The zero-order chi connectivity index (χ0) is 57.7. The monoisotopic (exact) mass is 1120 g/mol. The Hall–Kier alpha value is -3.59. The average molecular weight is 1120 g/mol. The number of ether oxygens (including phenoxy) is 2. The predicted molar refractivity (Wildman–Crippen MR) is 337 cm³/mol. The van der Waals surface area contributed by atoms with Crippen LogP contribution >= 0.6 is 7.82 Å². The van der Waals surface area contributed by atoms with Crippen molar-refractivity contribution in [3.63, 3.8) is 0 Å². The lowest BCUT2D eigenvalue weighted by molar-refractivity contribution is -0.870. The third kappa shape index (κ3) is 63.5. The minimum Gasteiger partial charge on any atom is -0.756 e. The molecule has 0 fully saturated rings. The Bertz CT molecular complexity index is 1750. The van der Waals surface area contributed by atoms with Crippen molar-refractivity contribution in [2.45, 2.75) is 258 Å². The number of rotatable bonds is 57. The molecule has 2 unspecified atom stereocenters. The highest BCUT2D eigenvalue weighted by Gasteiger charge is 2.22. The minimum atomic E-state index is -4.64. The first-order valence-electron chi connectivity index (χ1n) is 31.7. The second-order valence-electron chi connectivity index (χ2n) is 22.0. The van der Waals surface area contributed by atoms with Gasteiger partial charge in [0.05, 0.1) is 27.7 Å². The molecule has 79 heavy (non-hydrogen) atoms. The lowest BCUT2D eigenvalue weighted by atomic mass is 10.0. The molecule has 2 atom stereocenters. The third-order valence-corrected chi connectivity index (χ3v) is 14.2. The molecular weight excluding hydrogens is 1000 g/mol. The van der Waals surface area contributed by atoms with Crippen LogP contribution in [0.4, 0.5) is 0 Å². The number of quaternary nitrogens is 1. The van der Waals surface area contributed by atoms with Crippen molar-refractivity contribution >= 4 is 19.8 Å². The largest absolute Gasteiger partial charge is 0.756 e. The molecule has 0 rings (SSSR count). The molecular formula is C69H118NO8P. The Balaban J connectivity index is 3.99. The smallest absolute Gasteiger partial charge is 0.306 e. The number of unbranched alkanes of at least 4 members (excludes halogenated alkanes) is 23. The summed E-state index contributed by atoms with van der Waals surface area (Å²) < 4.78 is 34.1. The Morgan fingerprint density at radius 3 is 1.08 bits per heavy atom. The van der Waals surface area contributed by atoms with Gasteiger partial charge in [-0.05, 0) is 103 Å². The molecule has 0 heterocycles. The van der Waals surface area contributed by atoms with Gasteiger partial charge >= 0.3 is 11.9 Å². The molecule has 0 spiro atoms. The van der Waals surface area contributed by atoms with E-state index >= 15 is 0 Å². The second-order valence-corrected chi connectivity index (χ2v) is 23.4. The fourth-order valence-corrected chi connectivity index (χ4v) is 9.06. The fraction of sp³-hybridized carbons (Fsp3) is 0.681. The topological polar surface area (TPSA) is 111 Å². The van der Waals surface area contributed by atoms with Crippen LogP contribution in [0, 0.1) is 0 Å². The van der Waals surface area contributed by atoms with Gasteiger partial charge < -0.3 is 27.9 Å². The van der Waals surface area contributed by atoms with Gasteiger partial charge in [0.1, 0.15) is 19.8 Å². The van der Waals surface area contributed by atoms with Crippen LogP contribution in [0.5, 0.6) is 0 Å². The maximum atomic E-state index is 12.8. The maximum absolute atomic E-state index is 12.8. The fourth-order valence-electron chi connectivity index (χ4n) is 8.34. The third-order valence-electron chi connectivity index (χ3n) is 13.2. The molecule has 0 saturated heterocycles. The van der Waals surface area contributed by atoms with Crippen molar-refractivity contribution in [2.75, 3.05) is 47.5 Å². The summed E-state index contributed by atoms with van der Waals surface area (Å²) >= 11 is 0. The standard InChI is InChI=1S/C69H118NO8P/c1-6-8-10-12-14-16-18-20-22-23-24-25-26-27-28-29-30-31-32-33-34-35-36-37-38-39-40-41-42-43-44-45-46-47-48-50-52-54-56-58-60-62-69(72)78-67(66-77-79(73,74)76-64-63-70(3,4)5)65-75-68(71)61-59-57-55-53-51-49-21-19-17-15-13-11-9-7-2/h8,10,13-16,19-22,24-25,27-28,30-31,33-34,36-37,67H,6-7,9,11-12,17-18,23,26,29,32,35,38-66H2,1-5H3/b10-8-,15-13-,16-14-,21-19-,22-20-,25-24-,28-27-,31-30-,34-33-,37-36-. The number of carbonyl (C=O) groups excluding carboxylic acids is 2. The Morgan fingerprint density at radius 2 is 0.722 bits per heavy atom. The molecule has 0 bridgehead atoms. The van der Waals surface area contributed by atoms with Crippen molar-refractivity contribution < 1.29 is 42.1 Å². The van der Waals surface area contributed by atoms with Gasteiger partial charge in [-0.2, -0.15) is 0 Å². The molecule has 0 aliphatic heterocycles. The number of hydrogen-bond donors (Lipinski definition) is 0. The minimum absolute atomic E-state index is 0.0369. The highest BCUT2D eigenvalue weighted by molar-refractivity contribution is 7.45. The lowest BCUT2D eigenvalue weighted by Crippen LogP contribution is -2.37. The molecule has 0 amide bonds. The first-order valence-corrected chi connectivity index (χ1v) is 33.2. The number of likely N-dealkylation sites (N-methyl/N-ethyl adjacent to an activating group) is 1. The number of phosphoric acid groups is 1. The molecule has 452 valence electrons. The van der Waals surface area contributed by atoms with E-state index in [0.717, 1.165) is 116 Å². The van der Waals surface area contributed by atoms with Gasteiger partial charge in [-0.1, -0.05) is 257 Å². The summed E-state index contributed by atoms with van der Waals surface area (Å²) in [6, 6.07) is 0. The highest BCUT2D eigenvalue weighted by Crippen LogP contribution is 2.38. The molecule has 0 aromatic carbocycles. The molecule has 0 saturated carbocycles. The lowest BCUT2D eigenvalue weighted by Gasteiger charge is -2.28. The van der Waals surface area contributed by atoms with Crippen LogP contribution in [0.25, 0.3) is 0 Å². The Morgan fingerprint density at radius 1 is 0.405 bits per heavy atom.